The standard InChI is InChI=1S/C19H34N6OS/c1-3-17-22-19(27-23-17)25-13-11-24(12-14-25)18(20-2)21-10-15-26-16-8-6-4-5-7-9-16/h16H,3-15H2,1-2H3,(H,20,21). The van der Waals surface area contributed by atoms with Crippen molar-refractivity contribution in [1.29, 1.82) is 0 Å². The third-order valence-corrected chi connectivity index (χ3v) is 6.19. The Kier molecular flexibility index (Phi) is 8.13. The summed E-state index contributed by atoms with van der Waals surface area (Å²) in [5.41, 5.74) is 0. The number of aryl methyl sites for hydroxylation is 1. The zero-order valence-corrected chi connectivity index (χ0v) is 17.6. The van der Waals surface area contributed by atoms with E-state index in [-0.39, 0.29) is 0 Å². The predicted octanol–water partition coefficient (Wildman–Crippen LogP) is 2.54. The van der Waals surface area contributed by atoms with Crippen molar-refractivity contribution < 1.29 is 4.74 Å². The summed E-state index contributed by atoms with van der Waals surface area (Å²) in [6.45, 7) is 7.48. The van der Waals surface area contributed by atoms with E-state index in [2.05, 4.69) is 36.4 Å². The topological polar surface area (TPSA) is 65.9 Å². The molecular formula is C19H34N6OS. The highest BCUT2D eigenvalue weighted by Gasteiger charge is 2.22. The molecule has 1 N–H and O–H groups in total. The second-order valence-corrected chi connectivity index (χ2v) is 8.01. The van der Waals surface area contributed by atoms with Crippen LogP contribution in [-0.4, -0.2) is 72.7 Å². The Bertz CT molecular complexity index is 577. The normalized spacial score (nSPS) is 20.0. The van der Waals surface area contributed by atoms with Gasteiger partial charge in [-0.25, -0.2) is 4.98 Å². The van der Waals surface area contributed by atoms with Gasteiger partial charge < -0.3 is 19.9 Å². The van der Waals surface area contributed by atoms with E-state index in [1.165, 1.54) is 50.1 Å². The second kappa shape index (κ2) is 10.8. The molecule has 1 aliphatic heterocycles. The number of hydrogen-bond acceptors (Lipinski definition) is 6. The summed E-state index contributed by atoms with van der Waals surface area (Å²) in [5, 5.41) is 4.52. The Morgan fingerprint density at radius 2 is 1.93 bits per heavy atom. The molecule has 1 aromatic rings. The maximum atomic E-state index is 6.07. The van der Waals surface area contributed by atoms with E-state index in [0.29, 0.717) is 6.10 Å². The molecule has 3 rings (SSSR count). The first-order chi connectivity index (χ1) is 13.3. The van der Waals surface area contributed by atoms with Crippen molar-refractivity contribution in [2.45, 2.75) is 58.0 Å². The van der Waals surface area contributed by atoms with E-state index in [1.807, 2.05) is 7.05 Å². The minimum Gasteiger partial charge on any atom is -0.376 e. The quantitative estimate of drug-likeness (QED) is 0.346. The van der Waals surface area contributed by atoms with Crippen molar-refractivity contribution in [1.82, 2.24) is 19.6 Å². The summed E-state index contributed by atoms with van der Waals surface area (Å²) in [6.07, 6.45) is 9.18. The summed E-state index contributed by atoms with van der Waals surface area (Å²) in [6, 6.07) is 0. The first kappa shape index (κ1) is 20.3. The van der Waals surface area contributed by atoms with Gasteiger partial charge in [0.05, 0.1) is 12.7 Å². The summed E-state index contributed by atoms with van der Waals surface area (Å²) >= 11 is 1.51. The van der Waals surface area contributed by atoms with Gasteiger partial charge in [0.2, 0.25) is 5.13 Å². The van der Waals surface area contributed by atoms with Gasteiger partial charge in [-0.3, -0.25) is 4.99 Å². The lowest BCUT2D eigenvalue weighted by Gasteiger charge is -2.36. The van der Waals surface area contributed by atoms with Gasteiger partial charge in [-0.1, -0.05) is 32.6 Å². The van der Waals surface area contributed by atoms with E-state index in [1.54, 1.807) is 0 Å². The highest BCUT2D eigenvalue weighted by molar-refractivity contribution is 7.09. The van der Waals surface area contributed by atoms with Crippen molar-refractivity contribution in [2.75, 3.05) is 51.3 Å². The van der Waals surface area contributed by atoms with E-state index in [9.17, 15) is 0 Å². The van der Waals surface area contributed by atoms with E-state index in [4.69, 9.17) is 4.74 Å². The minimum absolute atomic E-state index is 0.458. The zero-order valence-electron chi connectivity index (χ0n) is 16.8. The number of piperazine rings is 1. The first-order valence-corrected chi connectivity index (χ1v) is 11.2. The molecule has 0 spiro atoms. The molecule has 8 heteroatoms. The second-order valence-electron chi connectivity index (χ2n) is 7.28. The summed E-state index contributed by atoms with van der Waals surface area (Å²) < 4.78 is 10.5. The molecule has 1 aromatic heterocycles. The SMILES string of the molecule is CCc1nsc(N2CCN(C(=NC)NCCOC3CCCCCC3)CC2)n1. The first-order valence-electron chi connectivity index (χ1n) is 10.4. The maximum absolute atomic E-state index is 6.07. The van der Waals surface area contributed by atoms with Gasteiger partial charge in [0, 0.05) is 57.7 Å². The Morgan fingerprint density at radius 1 is 1.19 bits per heavy atom. The molecule has 1 aliphatic carbocycles. The van der Waals surface area contributed by atoms with Gasteiger partial charge in [0.25, 0.3) is 0 Å². The molecule has 1 saturated carbocycles. The molecule has 2 heterocycles. The van der Waals surface area contributed by atoms with E-state index in [0.717, 1.165) is 62.7 Å². The van der Waals surface area contributed by atoms with Gasteiger partial charge in [-0.05, 0) is 12.8 Å². The lowest BCUT2D eigenvalue weighted by atomic mass is 10.1. The molecular weight excluding hydrogens is 360 g/mol. The molecule has 2 fully saturated rings. The third-order valence-electron chi connectivity index (χ3n) is 5.38. The number of guanidine groups is 1. The number of aromatic nitrogens is 2. The van der Waals surface area contributed by atoms with E-state index < -0.39 is 0 Å². The minimum atomic E-state index is 0.458. The van der Waals surface area contributed by atoms with Crippen LogP contribution < -0.4 is 10.2 Å². The molecule has 2 aliphatic rings. The van der Waals surface area contributed by atoms with Gasteiger partial charge in [0.15, 0.2) is 5.96 Å². The largest absolute Gasteiger partial charge is 0.376 e. The van der Waals surface area contributed by atoms with Crippen molar-refractivity contribution in [3.63, 3.8) is 0 Å². The van der Waals surface area contributed by atoms with Crippen LogP contribution in [0.5, 0.6) is 0 Å². The average molecular weight is 395 g/mol. The summed E-state index contributed by atoms with van der Waals surface area (Å²) in [7, 11) is 1.86. The van der Waals surface area contributed by atoms with Gasteiger partial charge in [0.1, 0.15) is 5.82 Å². The average Bonchev–Trinajstić information content (AvgIpc) is 3.05. The van der Waals surface area contributed by atoms with Crippen LogP contribution in [0, 0.1) is 0 Å². The lowest BCUT2D eigenvalue weighted by molar-refractivity contribution is 0.0465. The van der Waals surface area contributed by atoms with E-state index >= 15 is 0 Å². The highest BCUT2D eigenvalue weighted by atomic mass is 32.1. The molecule has 7 nitrogen and oxygen atoms in total. The molecule has 0 aromatic carbocycles. The summed E-state index contributed by atoms with van der Waals surface area (Å²) in [5.74, 6) is 1.93. The number of ether oxygens (including phenoxy) is 1. The van der Waals surface area contributed by atoms with Gasteiger partial charge in [-0.15, -0.1) is 0 Å². The number of nitrogens with one attached hydrogen (secondary N) is 1. The number of hydrogen-bond donors (Lipinski definition) is 1. The number of aliphatic imine (C=N–C) groups is 1. The fraction of sp³-hybridized carbons (Fsp3) is 0.842. The Balaban J connectivity index is 1.37. The van der Waals surface area contributed by atoms with Crippen LogP contribution in [0.4, 0.5) is 5.13 Å². The van der Waals surface area contributed by atoms with Crippen LogP contribution >= 0.6 is 11.5 Å². The fourth-order valence-electron chi connectivity index (χ4n) is 3.76. The molecule has 0 unspecified atom stereocenters. The summed E-state index contributed by atoms with van der Waals surface area (Å²) in [4.78, 5) is 13.7. The van der Waals surface area contributed by atoms with Gasteiger partial charge >= 0.3 is 0 Å². The molecule has 0 bridgehead atoms. The third kappa shape index (κ3) is 6.04. The van der Waals surface area contributed by atoms with Crippen LogP contribution in [0.2, 0.25) is 0 Å². The number of rotatable bonds is 6. The fourth-order valence-corrected chi connectivity index (χ4v) is 4.56. The molecule has 0 radical (unpaired) electrons. The van der Waals surface area contributed by atoms with Crippen LogP contribution in [0.25, 0.3) is 0 Å². The Labute approximate surface area is 167 Å². The smallest absolute Gasteiger partial charge is 0.205 e. The maximum Gasteiger partial charge on any atom is 0.205 e. The molecule has 0 atom stereocenters. The molecule has 1 saturated heterocycles. The predicted molar refractivity (Wildman–Crippen MR) is 112 cm³/mol. The highest BCUT2D eigenvalue weighted by Crippen LogP contribution is 2.20. The Hall–Kier alpha value is -1.41. The molecule has 27 heavy (non-hydrogen) atoms. The Morgan fingerprint density at radius 3 is 2.56 bits per heavy atom. The van der Waals surface area contributed by atoms with Crippen LogP contribution in [-0.2, 0) is 11.2 Å². The monoisotopic (exact) mass is 394 g/mol. The number of nitrogens with zero attached hydrogens (tertiary/aromatic N) is 5. The van der Waals surface area contributed by atoms with Crippen LogP contribution in [0.15, 0.2) is 4.99 Å². The molecule has 0 amide bonds. The van der Waals surface area contributed by atoms with Crippen LogP contribution in [0.3, 0.4) is 0 Å². The van der Waals surface area contributed by atoms with Crippen LogP contribution in [0.1, 0.15) is 51.3 Å². The molecule has 152 valence electrons. The lowest BCUT2D eigenvalue weighted by Crippen LogP contribution is -2.53. The van der Waals surface area contributed by atoms with Crippen molar-refractivity contribution in [2.24, 2.45) is 4.99 Å². The zero-order chi connectivity index (χ0) is 18.9. The van der Waals surface area contributed by atoms with Crippen molar-refractivity contribution in [3.05, 3.63) is 5.82 Å². The van der Waals surface area contributed by atoms with Crippen molar-refractivity contribution >= 4 is 22.6 Å². The van der Waals surface area contributed by atoms with Gasteiger partial charge in [-0.2, -0.15) is 4.37 Å². The van der Waals surface area contributed by atoms with Crippen molar-refractivity contribution in [3.8, 4) is 0 Å². The number of anilines is 1.